The molecule has 0 radical (unpaired) electrons. The Bertz CT molecular complexity index is 907. The van der Waals surface area contributed by atoms with Gasteiger partial charge in [-0.05, 0) is 48.6 Å². The van der Waals surface area contributed by atoms with Crippen LogP contribution in [0.2, 0.25) is 0 Å². The van der Waals surface area contributed by atoms with Gasteiger partial charge in [0, 0.05) is 24.0 Å². The van der Waals surface area contributed by atoms with Crippen molar-refractivity contribution >= 4 is 17.5 Å². The average Bonchev–Trinajstić information content (AvgIpc) is 2.68. The average molecular weight is 377 g/mol. The molecule has 0 aliphatic heterocycles. The molecule has 0 saturated carbocycles. The number of para-hydroxylation sites is 1. The number of benzene rings is 2. The lowest BCUT2D eigenvalue weighted by Crippen LogP contribution is -2.10. The Morgan fingerprint density at radius 2 is 1.75 bits per heavy atom. The molecular weight excluding hydrogens is 348 g/mol. The number of hydrogen-bond acceptors (Lipinski definition) is 5. The van der Waals surface area contributed by atoms with Crippen molar-refractivity contribution in [2.24, 2.45) is 0 Å². The summed E-state index contributed by atoms with van der Waals surface area (Å²) >= 11 is 0. The molecule has 2 N–H and O–H groups in total. The van der Waals surface area contributed by atoms with Crippen LogP contribution in [0.3, 0.4) is 0 Å². The van der Waals surface area contributed by atoms with Crippen LogP contribution in [0.5, 0.6) is 5.75 Å². The summed E-state index contributed by atoms with van der Waals surface area (Å²) in [6.07, 6.45) is 0.834. The van der Waals surface area contributed by atoms with Crippen LogP contribution < -0.4 is 15.4 Å². The number of aromatic nitrogens is 2. The number of rotatable bonds is 8. The van der Waals surface area contributed by atoms with Crippen LogP contribution in [0.15, 0.2) is 54.6 Å². The van der Waals surface area contributed by atoms with Crippen LogP contribution in [0.25, 0.3) is 0 Å². The molecule has 0 amide bonds. The second-order valence-electron chi connectivity index (χ2n) is 7.11. The fraction of sp³-hybridized carbons (Fsp3) is 0.304. The molecular formula is C23H28N4O. The summed E-state index contributed by atoms with van der Waals surface area (Å²) in [4.78, 5) is 9.09. The van der Waals surface area contributed by atoms with Gasteiger partial charge in [0.05, 0.1) is 7.11 Å². The predicted octanol–water partition coefficient (Wildman–Crippen LogP) is 5.32. The summed E-state index contributed by atoms with van der Waals surface area (Å²) < 4.78 is 5.41. The second-order valence-corrected chi connectivity index (χ2v) is 7.11. The summed E-state index contributed by atoms with van der Waals surface area (Å²) in [5.41, 5.74) is 4.41. The summed E-state index contributed by atoms with van der Waals surface area (Å²) in [6, 6.07) is 18.5. The highest BCUT2D eigenvalue weighted by Gasteiger charge is 2.05. The molecule has 0 aliphatic carbocycles. The fourth-order valence-electron chi connectivity index (χ4n) is 3.03. The van der Waals surface area contributed by atoms with E-state index in [0.29, 0.717) is 11.9 Å². The van der Waals surface area contributed by atoms with Crippen LogP contribution in [0.1, 0.15) is 36.6 Å². The number of hydrogen-bond donors (Lipinski definition) is 2. The van der Waals surface area contributed by atoms with E-state index in [1.165, 1.54) is 5.56 Å². The molecule has 0 atom stereocenters. The van der Waals surface area contributed by atoms with E-state index in [1.54, 1.807) is 7.11 Å². The van der Waals surface area contributed by atoms with Gasteiger partial charge in [-0.15, -0.1) is 0 Å². The summed E-state index contributed by atoms with van der Waals surface area (Å²) in [7, 11) is 1.70. The largest absolute Gasteiger partial charge is 0.496 e. The Labute approximate surface area is 167 Å². The topological polar surface area (TPSA) is 59.1 Å². The minimum atomic E-state index is 0.523. The van der Waals surface area contributed by atoms with Crippen molar-refractivity contribution in [3.63, 3.8) is 0 Å². The molecule has 146 valence electrons. The Balaban J connectivity index is 1.64. The Kier molecular flexibility index (Phi) is 6.48. The monoisotopic (exact) mass is 376 g/mol. The van der Waals surface area contributed by atoms with E-state index < -0.39 is 0 Å². The maximum absolute atomic E-state index is 5.41. The Morgan fingerprint density at radius 1 is 1.00 bits per heavy atom. The third-order valence-electron chi connectivity index (χ3n) is 4.57. The molecule has 2 aromatic carbocycles. The number of methoxy groups -OCH3 is 1. The van der Waals surface area contributed by atoms with Crippen LogP contribution in [-0.4, -0.2) is 23.6 Å². The van der Waals surface area contributed by atoms with Gasteiger partial charge >= 0.3 is 0 Å². The zero-order valence-electron chi connectivity index (χ0n) is 17.0. The van der Waals surface area contributed by atoms with Crippen molar-refractivity contribution < 1.29 is 4.74 Å². The van der Waals surface area contributed by atoms with E-state index in [2.05, 4.69) is 64.8 Å². The van der Waals surface area contributed by atoms with Gasteiger partial charge in [-0.1, -0.05) is 44.2 Å². The normalized spacial score (nSPS) is 10.8. The molecule has 0 saturated heterocycles. The zero-order valence-corrected chi connectivity index (χ0v) is 17.0. The molecule has 1 aromatic heterocycles. The van der Waals surface area contributed by atoms with E-state index >= 15 is 0 Å². The molecule has 3 rings (SSSR count). The first-order valence-electron chi connectivity index (χ1n) is 9.63. The fourth-order valence-corrected chi connectivity index (χ4v) is 3.03. The van der Waals surface area contributed by atoms with Gasteiger partial charge in [-0.3, -0.25) is 0 Å². The predicted molar refractivity (Wildman–Crippen MR) is 116 cm³/mol. The first kappa shape index (κ1) is 19.7. The van der Waals surface area contributed by atoms with Gasteiger partial charge in [0.25, 0.3) is 0 Å². The number of ether oxygens (including phenoxy) is 1. The van der Waals surface area contributed by atoms with Crippen molar-refractivity contribution in [1.29, 1.82) is 0 Å². The van der Waals surface area contributed by atoms with Gasteiger partial charge in [-0.2, -0.15) is 4.98 Å². The van der Waals surface area contributed by atoms with E-state index in [9.17, 15) is 0 Å². The lowest BCUT2D eigenvalue weighted by atomic mass is 10.0. The first-order chi connectivity index (χ1) is 13.5. The minimum absolute atomic E-state index is 0.523. The summed E-state index contributed by atoms with van der Waals surface area (Å²) in [5, 5.41) is 6.68. The van der Waals surface area contributed by atoms with Crippen LogP contribution in [0.4, 0.5) is 17.5 Å². The third-order valence-corrected chi connectivity index (χ3v) is 4.57. The van der Waals surface area contributed by atoms with E-state index in [1.807, 2.05) is 31.2 Å². The van der Waals surface area contributed by atoms with Gasteiger partial charge < -0.3 is 15.4 Å². The van der Waals surface area contributed by atoms with Crippen molar-refractivity contribution in [2.75, 3.05) is 24.3 Å². The van der Waals surface area contributed by atoms with Crippen molar-refractivity contribution in [3.05, 3.63) is 71.4 Å². The van der Waals surface area contributed by atoms with Crippen LogP contribution >= 0.6 is 0 Å². The standard InChI is InChI=1S/C23H28N4O/c1-16(2)18-9-11-20(12-10-18)26-22-15-17(3)25-23(27-22)24-14-13-19-7-5-6-8-21(19)28-4/h5-12,15-16H,13-14H2,1-4H3,(H2,24,25,26,27). The van der Waals surface area contributed by atoms with Gasteiger partial charge in [0.2, 0.25) is 5.95 Å². The lowest BCUT2D eigenvalue weighted by molar-refractivity contribution is 0.410. The molecule has 28 heavy (non-hydrogen) atoms. The van der Waals surface area contributed by atoms with Crippen LogP contribution in [-0.2, 0) is 6.42 Å². The number of aryl methyl sites for hydroxylation is 1. The number of anilines is 3. The number of nitrogens with zero attached hydrogens (tertiary/aromatic N) is 2. The van der Waals surface area contributed by atoms with E-state index in [4.69, 9.17) is 4.74 Å². The maximum atomic E-state index is 5.41. The number of nitrogens with one attached hydrogen (secondary N) is 2. The zero-order chi connectivity index (χ0) is 19.9. The minimum Gasteiger partial charge on any atom is -0.496 e. The van der Waals surface area contributed by atoms with E-state index in [0.717, 1.165) is 41.5 Å². The smallest absolute Gasteiger partial charge is 0.224 e. The maximum Gasteiger partial charge on any atom is 0.224 e. The van der Waals surface area contributed by atoms with Gasteiger partial charge in [-0.25, -0.2) is 4.98 Å². The quantitative estimate of drug-likeness (QED) is 0.557. The highest BCUT2D eigenvalue weighted by molar-refractivity contribution is 5.58. The summed E-state index contributed by atoms with van der Waals surface area (Å²) in [6.45, 7) is 7.09. The molecule has 0 aliphatic rings. The van der Waals surface area contributed by atoms with Crippen LogP contribution in [0, 0.1) is 6.92 Å². The highest BCUT2D eigenvalue weighted by atomic mass is 16.5. The third kappa shape index (κ3) is 5.22. The molecule has 0 bridgehead atoms. The van der Waals surface area contributed by atoms with Crippen molar-refractivity contribution in [1.82, 2.24) is 9.97 Å². The molecule has 5 nitrogen and oxygen atoms in total. The van der Waals surface area contributed by atoms with Gasteiger partial charge in [0.1, 0.15) is 11.6 Å². The molecule has 0 unspecified atom stereocenters. The Morgan fingerprint density at radius 3 is 2.46 bits per heavy atom. The summed E-state index contributed by atoms with van der Waals surface area (Å²) in [5.74, 6) is 2.83. The lowest BCUT2D eigenvalue weighted by Gasteiger charge is -2.12. The first-order valence-corrected chi connectivity index (χ1v) is 9.63. The molecule has 5 heteroatoms. The van der Waals surface area contributed by atoms with E-state index in [-0.39, 0.29) is 0 Å². The highest BCUT2D eigenvalue weighted by Crippen LogP contribution is 2.21. The Hall–Kier alpha value is -3.08. The molecule has 0 fully saturated rings. The van der Waals surface area contributed by atoms with Gasteiger partial charge in [0.15, 0.2) is 0 Å². The molecule has 0 spiro atoms. The van der Waals surface area contributed by atoms with Crippen molar-refractivity contribution in [3.8, 4) is 5.75 Å². The second kappa shape index (κ2) is 9.22. The molecule has 1 heterocycles. The SMILES string of the molecule is COc1ccccc1CCNc1nc(C)cc(Nc2ccc(C(C)C)cc2)n1. The molecule has 3 aromatic rings. The van der Waals surface area contributed by atoms with Crippen molar-refractivity contribution in [2.45, 2.75) is 33.1 Å².